The van der Waals surface area contributed by atoms with Gasteiger partial charge >= 0.3 is 0 Å². The maximum Gasteiger partial charge on any atom is 0.248 e. The molecule has 2 aromatic rings. The van der Waals surface area contributed by atoms with Gasteiger partial charge in [-0.25, -0.2) is 0 Å². The molecule has 0 aromatic heterocycles. The molecule has 0 bridgehead atoms. The van der Waals surface area contributed by atoms with E-state index >= 15 is 0 Å². The quantitative estimate of drug-likeness (QED) is 0.750. The Morgan fingerprint density at radius 1 is 1.26 bits per heavy atom. The summed E-state index contributed by atoms with van der Waals surface area (Å²) in [6.45, 7) is 0.478. The number of hydrogen-bond acceptors (Lipinski definition) is 2. The van der Waals surface area contributed by atoms with Gasteiger partial charge in [-0.1, -0.05) is 28.1 Å². The monoisotopic (exact) mass is 431 g/mol. The van der Waals surface area contributed by atoms with Crippen molar-refractivity contribution in [1.29, 1.82) is 0 Å². The van der Waals surface area contributed by atoms with Crippen LogP contribution in [0.2, 0.25) is 0 Å². The van der Waals surface area contributed by atoms with Crippen LogP contribution in [0.3, 0.4) is 0 Å². The zero-order chi connectivity index (χ0) is 13.8. The molecular formula is C14H11BrINO2. The van der Waals surface area contributed by atoms with Crippen molar-refractivity contribution < 1.29 is 9.53 Å². The fourth-order valence-electron chi connectivity index (χ4n) is 1.56. The molecule has 0 spiro atoms. The fraction of sp³-hybridized carbons (Fsp3) is 0.0714. The molecule has 0 aliphatic carbocycles. The first-order valence-electron chi connectivity index (χ1n) is 5.53. The van der Waals surface area contributed by atoms with Crippen molar-refractivity contribution in [3.05, 3.63) is 61.6 Å². The Kier molecular flexibility index (Phi) is 4.81. The number of rotatable bonds is 4. The van der Waals surface area contributed by atoms with E-state index in [9.17, 15) is 4.79 Å². The second-order valence-corrected chi connectivity index (χ2v) is 6.01. The molecule has 0 unspecified atom stereocenters. The molecule has 2 aromatic carbocycles. The molecule has 0 saturated carbocycles. The van der Waals surface area contributed by atoms with Crippen LogP contribution in [0.4, 0.5) is 0 Å². The summed E-state index contributed by atoms with van der Waals surface area (Å²) in [7, 11) is 0. The lowest BCUT2D eigenvalue weighted by atomic mass is 10.2. The van der Waals surface area contributed by atoms with Gasteiger partial charge in [-0.15, -0.1) is 0 Å². The summed E-state index contributed by atoms with van der Waals surface area (Å²) in [5.41, 5.74) is 6.78. The normalized spacial score (nSPS) is 10.2. The predicted molar refractivity (Wildman–Crippen MR) is 86.2 cm³/mol. The van der Waals surface area contributed by atoms with E-state index in [2.05, 4.69) is 38.5 Å². The lowest BCUT2D eigenvalue weighted by Crippen LogP contribution is -2.11. The highest BCUT2D eigenvalue weighted by molar-refractivity contribution is 14.1. The molecule has 0 aliphatic heterocycles. The van der Waals surface area contributed by atoms with Gasteiger partial charge in [0.15, 0.2) is 0 Å². The van der Waals surface area contributed by atoms with Crippen molar-refractivity contribution in [3.8, 4) is 5.75 Å². The summed E-state index contributed by atoms with van der Waals surface area (Å²) in [5.74, 6) is 0.307. The number of benzene rings is 2. The van der Waals surface area contributed by atoms with Crippen LogP contribution in [-0.4, -0.2) is 5.91 Å². The number of ether oxygens (including phenoxy) is 1. The second kappa shape index (κ2) is 6.38. The highest BCUT2D eigenvalue weighted by Crippen LogP contribution is 2.23. The molecule has 0 fully saturated rings. The Morgan fingerprint density at radius 3 is 2.68 bits per heavy atom. The van der Waals surface area contributed by atoms with E-state index in [1.807, 2.05) is 24.3 Å². The van der Waals surface area contributed by atoms with Crippen LogP contribution >= 0.6 is 38.5 Å². The van der Waals surface area contributed by atoms with Crippen LogP contribution in [0.25, 0.3) is 0 Å². The Labute approximate surface area is 133 Å². The standard InChI is InChI=1S/C14H11BrINO2/c15-11-3-1-2-9(6-11)8-19-13-5-4-10(14(17)18)7-12(13)16/h1-7H,8H2,(H2,17,18). The minimum absolute atomic E-state index is 0.434. The minimum atomic E-state index is -0.434. The number of halogens is 2. The average molecular weight is 432 g/mol. The van der Waals surface area contributed by atoms with E-state index in [0.717, 1.165) is 19.4 Å². The second-order valence-electron chi connectivity index (χ2n) is 3.93. The maximum atomic E-state index is 11.1. The first-order chi connectivity index (χ1) is 9.06. The summed E-state index contributed by atoms with van der Waals surface area (Å²) in [6.07, 6.45) is 0. The number of hydrogen-bond donors (Lipinski definition) is 1. The van der Waals surface area contributed by atoms with E-state index in [1.54, 1.807) is 18.2 Å². The van der Waals surface area contributed by atoms with Crippen LogP contribution in [0.15, 0.2) is 46.9 Å². The maximum absolute atomic E-state index is 11.1. The van der Waals surface area contributed by atoms with E-state index in [4.69, 9.17) is 10.5 Å². The van der Waals surface area contributed by atoms with Crippen LogP contribution in [0.5, 0.6) is 5.75 Å². The van der Waals surface area contributed by atoms with Gasteiger partial charge < -0.3 is 10.5 Å². The zero-order valence-electron chi connectivity index (χ0n) is 9.90. The van der Waals surface area contributed by atoms with Gasteiger partial charge in [-0.2, -0.15) is 0 Å². The van der Waals surface area contributed by atoms with Gasteiger partial charge in [-0.3, -0.25) is 4.79 Å². The highest BCUT2D eigenvalue weighted by Gasteiger charge is 2.06. The van der Waals surface area contributed by atoms with Crippen LogP contribution in [-0.2, 0) is 6.61 Å². The van der Waals surface area contributed by atoms with Gasteiger partial charge in [0, 0.05) is 10.0 Å². The van der Waals surface area contributed by atoms with E-state index in [-0.39, 0.29) is 0 Å². The molecule has 2 N–H and O–H groups in total. The molecule has 2 rings (SSSR count). The van der Waals surface area contributed by atoms with Crippen molar-refractivity contribution in [3.63, 3.8) is 0 Å². The SMILES string of the molecule is NC(=O)c1ccc(OCc2cccc(Br)c2)c(I)c1. The smallest absolute Gasteiger partial charge is 0.248 e. The Balaban J connectivity index is 2.10. The zero-order valence-corrected chi connectivity index (χ0v) is 13.6. The van der Waals surface area contributed by atoms with E-state index < -0.39 is 5.91 Å². The van der Waals surface area contributed by atoms with Gasteiger partial charge in [0.25, 0.3) is 0 Å². The third-order valence-corrected chi connectivity index (χ3v) is 3.84. The topological polar surface area (TPSA) is 52.3 Å². The number of amides is 1. The lowest BCUT2D eigenvalue weighted by molar-refractivity contribution is 0.1000. The molecule has 0 aliphatic rings. The van der Waals surface area contributed by atoms with Gasteiger partial charge in [0.2, 0.25) is 5.91 Å². The molecule has 98 valence electrons. The van der Waals surface area contributed by atoms with Crippen LogP contribution in [0.1, 0.15) is 15.9 Å². The number of carbonyl (C=O) groups excluding carboxylic acids is 1. The first-order valence-corrected chi connectivity index (χ1v) is 7.40. The summed E-state index contributed by atoms with van der Waals surface area (Å²) < 4.78 is 7.62. The lowest BCUT2D eigenvalue weighted by Gasteiger charge is -2.09. The summed E-state index contributed by atoms with van der Waals surface area (Å²) in [6, 6.07) is 13.1. The van der Waals surface area contributed by atoms with Crippen LogP contribution < -0.4 is 10.5 Å². The van der Waals surface area contributed by atoms with Crippen molar-refractivity contribution >= 4 is 44.4 Å². The fourth-order valence-corrected chi connectivity index (χ4v) is 2.68. The minimum Gasteiger partial charge on any atom is -0.488 e. The third-order valence-electron chi connectivity index (χ3n) is 2.50. The Hall–Kier alpha value is -1.08. The molecule has 0 atom stereocenters. The van der Waals surface area contributed by atoms with Gasteiger partial charge in [-0.05, 0) is 58.5 Å². The number of carbonyl (C=O) groups is 1. The van der Waals surface area contributed by atoms with Crippen molar-refractivity contribution in [2.45, 2.75) is 6.61 Å². The van der Waals surface area contributed by atoms with E-state index in [1.165, 1.54) is 0 Å². The van der Waals surface area contributed by atoms with Gasteiger partial charge in [0.05, 0.1) is 3.57 Å². The summed E-state index contributed by atoms with van der Waals surface area (Å²) in [4.78, 5) is 11.1. The molecule has 5 heteroatoms. The Bertz CT molecular complexity index is 616. The third kappa shape index (κ3) is 3.94. The largest absolute Gasteiger partial charge is 0.488 e. The van der Waals surface area contributed by atoms with Crippen molar-refractivity contribution in [2.24, 2.45) is 5.73 Å². The first kappa shape index (κ1) is 14.3. The number of primary amides is 1. The van der Waals surface area contributed by atoms with E-state index in [0.29, 0.717) is 12.2 Å². The molecule has 0 heterocycles. The average Bonchev–Trinajstić information content (AvgIpc) is 2.37. The molecule has 0 saturated heterocycles. The molecule has 3 nitrogen and oxygen atoms in total. The van der Waals surface area contributed by atoms with Crippen molar-refractivity contribution in [1.82, 2.24) is 0 Å². The predicted octanol–water partition coefficient (Wildman–Crippen LogP) is 3.73. The van der Waals surface area contributed by atoms with Crippen molar-refractivity contribution in [2.75, 3.05) is 0 Å². The molecule has 1 amide bonds. The molecule has 19 heavy (non-hydrogen) atoms. The van der Waals surface area contributed by atoms with Gasteiger partial charge in [0.1, 0.15) is 12.4 Å². The molecular weight excluding hydrogens is 421 g/mol. The van der Waals surface area contributed by atoms with Crippen LogP contribution in [0, 0.1) is 3.57 Å². The Morgan fingerprint density at radius 2 is 2.05 bits per heavy atom. The summed E-state index contributed by atoms with van der Waals surface area (Å²) >= 11 is 5.55. The number of nitrogens with two attached hydrogens (primary N) is 1. The highest BCUT2D eigenvalue weighted by atomic mass is 127. The molecule has 0 radical (unpaired) electrons. The summed E-state index contributed by atoms with van der Waals surface area (Å²) in [5, 5.41) is 0.